The van der Waals surface area contributed by atoms with Crippen LogP contribution in [0.2, 0.25) is 0 Å². The Morgan fingerprint density at radius 3 is 2.89 bits per heavy atom. The van der Waals surface area contributed by atoms with Crippen molar-refractivity contribution in [3.8, 4) is 0 Å². The van der Waals surface area contributed by atoms with E-state index in [2.05, 4.69) is 11.9 Å². The molecule has 3 nitrogen and oxygen atoms in total. The molecule has 1 saturated heterocycles. The largest absolute Gasteiger partial charge is 0.372 e. The zero-order chi connectivity index (χ0) is 6.85. The molecule has 0 aromatic carbocycles. The molecule has 52 valence electrons. The molecule has 3 heteroatoms. The van der Waals surface area contributed by atoms with Gasteiger partial charge in [0.2, 0.25) is 0 Å². The molecule has 0 saturated carbocycles. The summed E-state index contributed by atoms with van der Waals surface area (Å²) in [6, 6.07) is -0.129. The average Bonchev–Trinajstić information content (AvgIpc) is 1.80. The van der Waals surface area contributed by atoms with Crippen LogP contribution in [-0.4, -0.2) is 17.4 Å². The van der Waals surface area contributed by atoms with Crippen molar-refractivity contribution in [1.29, 1.82) is 0 Å². The molecule has 0 amide bonds. The Morgan fingerprint density at radius 2 is 2.44 bits per heavy atom. The fourth-order valence-corrected chi connectivity index (χ4v) is 0.887. The van der Waals surface area contributed by atoms with Crippen LogP contribution in [0.15, 0.2) is 12.3 Å². The summed E-state index contributed by atoms with van der Waals surface area (Å²) in [5.74, 6) is 0. The molecule has 2 atom stereocenters. The van der Waals surface area contributed by atoms with Crippen molar-refractivity contribution in [2.45, 2.75) is 25.1 Å². The van der Waals surface area contributed by atoms with Crippen molar-refractivity contribution in [3.63, 3.8) is 0 Å². The van der Waals surface area contributed by atoms with Crippen LogP contribution in [0.25, 0.3) is 0 Å². The van der Waals surface area contributed by atoms with E-state index in [9.17, 15) is 0 Å². The molecule has 4 N–H and O–H groups in total. The number of nitrogens with one attached hydrogen (secondary N) is 1. The summed E-state index contributed by atoms with van der Waals surface area (Å²) in [4.78, 5) is 0. The molecular formula is C6H12N2O. The minimum atomic E-state index is -0.591. The van der Waals surface area contributed by atoms with Crippen LogP contribution in [0.3, 0.4) is 0 Å². The number of rotatable bonds is 0. The second-order valence-electron chi connectivity index (χ2n) is 2.40. The van der Waals surface area contributed by atoms with Gasteiger partial charge >= 0.3 is 0 Å². The lowest BCUT2D eigenvalue weighted by Crippen LogP contribution is -2.47. The Hall–Kier alpha value is -0.540. The van der Waals surface area contributed by atoms with Gasteiger partial charge in [-0.3, -0.25) is 0 Å². The molecule has 1 aliphatic rings. The third-order valence-corrected chi connectivity index (χ3v) is 1.54. The normalized spacial score (nSPS) is 36.0. The highest BCUT2D eigenvalue weighted by Gasteiger charge is 2.19. The number of allylic oxidation sites excluding steroid dienone is 1. The summed E-state index contributed by atoms with van der Waals surface area (Å²) in [6.45, 7) is 3.67. The van der Waals surface area contributed by atoms with Gasteiger partial charge in [0, 0.05) is 11.7 Å². The molecular weight excluding hydrogens is 116 g/mol. The Balaban J connectivity index is 2.44. The van der Waals surface area contributed by atoms with E-state index < -0.39 is 6.23 Å². The Morgan fingerprint density at radius 1 is 1.78 bits per heavy atom. The first-order valence-corrected chi connectivity index (χ1v) is 3.08. The predicted octanol–water partition coefficient (Wildman–Crippen LogP) is -0.471. The quantitative estimate of drug-likeness (QED) is 0.413. The molecule has 0 spiro atoms. The van der Waals surface area contributed by atoms with Gasteiger partial charge in [-0.05, 0) is 12.8 Å². The van der Waals surface area contributed by atoms with E-state index in [0.29, 0.717) is 0 Å². The fraction of sp³-hybridized carbons (Fsp3) is 0.667. The number of aliphatic hydroxyl groups excluding tert-OH is 1. The standard InChI is InChI=1S/C6H12N2O/c1-4-2-3-5(7)6(9)8-4/h5-6,8-9H,1-3,7H2. The number of aliphatic hydroxyl groups is 1. The molecule has 1 rings (SSSR count). The van der Waals surface area contributed by atoms with Gasteiger partial charge in [0.15, 0.2) is 0 Å². The summed E-state index contributed by atoms with van der Waals surface area (Å²) < 4.78 is 0. The van der Waals surface area contributed by atoms with Gasteiger partial charge < -0.3 is 16.2 Å². The van der Waals surface area contributed by atoms with E-state index in [1.165, 1.54) is 0 Å². The molecule has 1 heterocycles. The second-order valence-corrected chi connectivity index (χ2v) is 2.40. The highest BCUT2D eigenvalue weighted by Crippen LogP contribution is 2.10. The van der Waals surface area contributed by atoms with Gasteiger partial charge in [0.05, 0.1) is 0 Å². The van der Waals surface area contributed by atoms with Gasteiger partial charge in [-0.1, -0.05) is 6.58 Å². The van der Waals surface area contributed by atoms with Crippen molar-refractivity contribution in [2.24, 2.45) is 5.73 Å². The smallest absolute Gasteiger partial charge is 0.139 e. The molecule has 0 aromatic rings. The van der Waals surface area contributed by atoms with Crippen molar-refractivity contribution in [1.82, 2.24) is 5.32 Å². The average molecular weight is 128 g/mol. The minimum Gasteiger partial charge on any atom is -0.372 e. The molecule has 1 aliphatic heterocycles. The SMILES string of the molecule is C=C1CCC(N)C(O)N1. The Bertz CT molecular complexity index is 124. The highest BCUT2D eigenvalue weighted by atomic mass is 16.3. The van der Waals surface area contributed by atoms with Crippen molar-refractivity contribution >= 4 is 0 Å². The van der Waals surface area contributed by atoms with E-state index in [4.69, 9.17) is 10.8 Å². The Kier molecular flexibility index (Phi) is 1.73. The third-order valence-electron chi connectivity index (χ3n) is 1.54. The summed E-state index contributed by atoms with van der Waals surface area (Å²) in [6.07, 6.45) is 1.11. The lowest BCUT2D eigenvalue weighted by atomic mass is 10.1. The molecule has 0 aliphatic carbocycles. The van der Waals surface area contributed by atoms with E-state index in [1.54, 1.807) is 0 Å². The van der Waals surface area contributed by atoms with E-state index in [0.717, 1.165) is 18.5 Å². The van der Waals surface area contributed by atoms with Crippen LogP contribution in [0, 0.1) is 0 Å². The van der Waals surface area contributed by atoms with Gasteiger partial charge in [-0.25, -0.2) is 0 Å². The van der Waals surface area contributed by atoms with Gasteiger partial charge in [0.25, 0.3) is 0 Å². The third kappa shape index (κ3) is 1.43. The molecule has 0 bridgehead atoms. The monoisotopic (exact) mass is 128 g/mol. The number of piperidine rings is 1. The first-order valence-electron chi connectivity index (χ1n) is 3.08. The highest BCUT2D eigenvalue weighted by molar-refractivity contribution is 4.98. The molecule has 2 unspecified atom stereocenters. The first-order chi connectivity index (χ1) is 4.20. The predicted molar refractivity (Wildman–Crippen MR) is 35.5 cm³/mol. The number of hydrogen-bond donors (Lipinski definition) is 3. The fourth-order valence-electron chi connectivity index (χ4n) is 0.887. The van der Waals surface area contributed by atoms with Crippen LogP contribution in [0.5, 0.6) is 0 Å². The number of nitrogens with two attached hydrogens (primary N) is 1. The molecule has 0 aromatic heterocycles. The molecule has 0 radical (unpaired) electrons. The van der Waals surface area contributed by atoms with Crippen LogP contribution < -0.4 is 11.1 Å². The maximum atomic E-state index is 9.05. The van der Waals surface area contributed by atoms with Crippen LogP contribution in [0.1, 0.15) is 12.8 Å². The van der Waals surface area contributed by atoms with E-state index in [1.807, 2.05) is 0 Å². The zero-order valence-corrected chi connectivity index (χ0v) is 5.30. The first kappa shape index (κ1) is 6.58. The summed E-state index contributed by atoms with van der Waals surface area (Å²) in [7, 11) is 0. The van der Waals surface area contributed by atoms with Crippen molar-refractivity contribution in [2.75, 3.05) is 0 Å². The molecule has 1 fully saturated rings. The van der Waals surface area contributed by atoms with E-state index in [-0.39, 0.29) is 6.04 Å². The summed E-state index contributed by atoms with van der Waals surface area (Å²) in [5, 5.41) is 11.8. The summed E-state index contributed by atoms with van der Waals surface area (Å²) >= 11 is 0. The topological polar surface area (TPSA) is 58.3 Å². The van der Waals surface area contributed by atoms with Crippen molar-refractivity contribution in [3.05, 3.63) is 12.3 Å². The lowest BCUT2D eigenvalue weighted by molar-refractivity contribution is 0.102. The van der Waals surface area contributed by atoms with E-state index >= 15 is 0 Å². The lowest BCUT2D eigenvalue weighted by Gasteiger charge is -2.27. The summed E-state index contributed by atoms with van der Waals surface area (Å²) in [5.41, 5.74) is 6.37. The van der Waals surface area contributed by atoms with Crippen molar-refractivity contribution < 1.29 is 5.11 Å². The van der Waals surface area contributed by atoms with Gasteiger partial charge in [-0.2, -0.15) is 0 Å². The second kappa shape index (κ2) is 2.37. The minimum absolute atomic E-state index is 0.129. The Labute approximate surface area is 54.6 Å². The zero-order valence-electron chi connectivity index (χ0n) is 5.30. The van der Waals surface area contributed by atoms with Gasteiger partial charge in [0.1, 0.15) is 6.23 Å². The maximum Gasteiger partial charge on any atom is 0.139 e. The van der Waals surface area contributed by atoms with Crippen LogP contribution in [0.4, 0.5) is 0 Å². The van der Waals surface area contributed by atoms with Crippen LogP contribution >= 0.6 is 0 Å². The van der Waals surface area contributed by atoms with Gasteiger partial charge in [-0.15, -0.1) is 0 Å². The number of hydrogen-bond acceptors (Lipinski definition) is 3. The molecule has 9 heavy (non-hydrogen) atoms. The van der Waals surface area contributed by atoms with Crippen LogP contribution in [-0.2, 0) is 0 Å². The maximum absolute atomic E-state index is 9.05.